The standard InChI is InChI=1S/C16H14FNO2S/c17-12-5-7-13(8-6-12)21(19)10-14(18)16-9-11-3-1-2-4-15(11)20-16/h1-9,14H,10,18H2. The molecule has 0 aliphatic carbocycles. The maximum Gasteiger partial charge on any atom is 0.134 e. The molecule has 2 atom stereocenters. The normalized spacial score (nSPS) is 14.2. The Morgan fingerprint density at radius 2 is 1.86 bits per heavy atom. The number of benzene rings is 2. The number of nitrogens with two attached hydrogens (primary N) is 1. The minimum absolute atomic E-state index is 0.228. The molecule has 0 amide bonds. The first-order valence-corrected chi connectivity index (χ1v) is 7.83. The number of hydrogen-bond acceptors (Lipinski definition) is 3. The average Bonchev–Trinajstić information content (AvgIpc) is 2.92. The van der Waals surface area contributed by atoms with Gasteiger partial charge in [0.2, 0.25) is 0 Å². The minimum atomic E-state index is -1.30. The van der Waals surface area contributed by atoms with Crippen LogP contribution < -0.4 is 5.73 Å². The number of halogens is 1. The van der Waals surface area contributed by atoms with E-state index in [4.69, 9.17) is 10.2 Å². The molecule has 2 N–H and O–H groups in total. The van der Waals surface area contributed by atoms with E-state index in [0.29, 0.717) is 10.7 Å². The summed E-state index contributed by atoms with van der Waals surface area (Å²) in [7, 11) is -1.30. The molecule has 0 aliphatic rings. The van der Waals surface area contributed by atoms with E-state index in [1.54, 1.807) is 0 Å². The molecule has 3 aromatic rings. The van der Waals surface area contributed by atoms with Crippen molar-refractivity contribution in [2.24, 2.45) is 5.73 Å². The average molecular weight is 303 g/mol. The Bertz CT molecular complexity index is 749. The Kier molecular flexibility index (Phi) is 3.86. The first-order valence-electron chi connectivity index (χ1n) is 6.51. The largest absolute Gasteiger partial charge is 0.459 e. The Labute approximate surface area is 124 Å². The lowest BCUT2D eigenvalue weighted by Crippen LogP contribution is -2.17. The molecule has 0 fully saturated rings. The lowest BCUT2D eigenvalue weighted by molar-refractivity contribution is 0.513. The lowest BCUT2D eigenvalue weighted by atomic mass is 10.2. The van der Waals surface area contributed by atoms with Gasteiger partial charge in [-0.2, -0.15) is 0 Å². The Morgan fingerprint density at radius 3 is 2.57 bits per heavy atom. The van der Waals surface area contributed by atoms with Crippen LogP contribution in [0.25, 0.3) is 11.0 Å². The van der Waals surface area contributed by atoms with Gasteiger partial charge >= 0.3 is 0 Å². The molecule has 0 radical (unpaired) electrons. The van der Waals surface area contributed by atoms with Crippen LogP contribution in [0.5, 0.6) is 0 Å². The third kappa shape index (κ3) is 3.04. The molecule has 0 aliphatic heterocycles. The summed E-state index contributed by atoms with van der Waals surface area (Å²) in [5.41, 5.74) is 6.83. The van der Waals surface area contributed by atoms with Crippen molar-refractivity contribution >= 4 is 21.8 Å². The quantitative estimate of drug-likeness (QED) is 0.804. The number of para-hydroxylation sites is 1. The van der Waals surface area contributed by atoms with Crippen LogP contribution in [0.4, 0.5) is 4.39 Å². The van der Waals surface area contributed by atoms with E-state index < -0.39 is 16.8 Å². The van der Waals surface area contributed by atoms with Crippen molar-refractivity contribution < 1.29 is 13.0 Å². The van der Waals surface area contributed by atoms with Gasteiger partial charge in [-0.3, -0.25) is 4.21 Å². The highest BCUT2D eigenvalue weighted by Crippen LogP contribution is 2.24. The maximum absolute atomic E-state index is 12.9. The van der Waals surface area contributed by atoms with Crippen LogP contribution in [-0.4, -0.2) is 9.96 Å². The summed E-state index contributed by atoms with van der Waals surface area (Å²) in [4.78, 5) is 0.558. The van der Waals surface area contributed by atoms with Crippen LogP contribution in [0.3, 0.4) is 0 Å². The van der Waals surface area contributed by atoms with Gasteiger partial charge in [0.1, 0.15) is 17.2 Å². The molecule has 3 nitrogen and oxygen atoms in total. The van der Waals surface area contributed by atoms with Gasteiger partial charge < -0.3 is 10.2 Å². The fourth-order valence-electron chi connectivity index (χ4n) is 2.11. The van der Waals surface area contributed by atoms with E-state index >= 15 is 0 Å². The number of furan rings is 1. The van der Waals surface area contributed by atoms with E-state index in [1.165, 1.54) is 24.3 Å². The molecule has 0 saturated carbocycles. The summed E-state index contributed by atoms with van der Waals surface area (Å²) >= 11 is 0. The van der Waals surface area contributed by atoms with Crippen molar-refractivity contribution in [3.63, 3.8) is 0 Å². The van der Waals surface area contributed by atoms with Crippen molar-refractivity contribution in [2.75, 3.05) is 5.75 Å². The van der Waals surface area contributed by atoms with Gasteiger partial charge in [-0.15, -0.1) is 0 Å². The molecule has 3 rings (SSSR count). The molecular weight excluding hydrogens is 289 g/mol. The summed E-state index contributed by atoms with van der Waals surface area (Å²) < 4.78 is 30.7. The molecule has 1 heterocycles. The maximum atomic E-state index is 12.9. The summed E-state index contributed by atoms with van der Waals surface area (Å²) in [6.45, 7) is 0. The van der Waals surface area contributed by atoms with E-state index in [2.05, 4.69) is 0 Å². The predicted molar refractivity (Wildman–Crippen MR) is 80.8 cm³/mol. The van der Waals surface area contributed by atoms with Crippen molar-refractivity contribution in [1.82, 2.24) is 0 Å². The molecule has 21 heavy (non-hydrogen) atoms. The fourth-order valence-corrected chi connectivity index (χ4v) is 3.24. The van der Waals surface area contributed by atoms with E-state index in [0.717, 1.165) is 11.0 Å². The van der Waals surface area contributed by atoms with Crippen LogP contribution in [-0.2, 0) is 10.8 Å². The van der Waals surface area contributed by atoms with Crippen LogP contribution in [0.15, 0.2) is 63.9 Å². The molecule has 108 valence electrons. The van der Waals surface area contributed by atoms with Gasteiger partial charge in [0.25, 0.3) is 0 Å². The van der Waals surface area contributed by atoms with E-state index in [1.807, 2.05) is 30.3 Å². The summed E-state index contributed by atoms with van der Waals surface area (Å²) in [5, 5.41) is 0.968. The molecule has 5 heteroatoms. The molecule has 1 aromatic heterocycles. The van der Waals surface area contributed by atoms with Gasteiger partial charge in [-0.05, 0) is 36.4 Å². The predicted octanol–water partition coefficient (Wildman–Crippen LogP) is 3.38. The van der Waals surface area contributed by atoms with Gasteiger partial charge in [-0.1, -0.05) is 18.2 Å². The zero-order valence-corrected chi connectivity index (χ0v) is 12.0. The van der Waals surface area contributed by atoms with Crippen LogP contribution in [0.1, 0.15) is 11.8 Å². The minimum Gasteiger partial charge on any atom is -0.459 e. The lowest BCUT2D eigenvalue weighted by Gasteiger charge is -2.08. The van der Waals surface area contributed by atoms with Crippen molar-refractivity contribution in [2.45, 2.75) is 10.9 Å². The summed E-state index contributed by atoms with van der Waals surface area (Å²) in [5.74, 6) is 0.481. The molecule has 0 saturated heterocycles. The zero-order chi connectivity index (χ0) is 14.8. The molecule has 2 unspecified atom stereocenters. The van der Waals surface area contributed by atoms with Crippen LogP contribution in [0.2, 0.25) is 0 Å². The second-order valence-corrected chi connectivity index (χ2v) is 6.25. The second kappa shape index (κ2) is 5.79. The molecule has 0 bridgehead atoms. The molecular formula is C16H14FNO2S. The van der Waals surface area contributed by atoms with Crippen LogP contribution in [0, 0.1) is 5.82 Å². The third-order valence-electron chi connectivity index (χ3n) is 3.22. The monoisotopic (exact) mass is 303 g/mol. The fraction of sp³-hybridized carbons (Fsp3) is 0.125. The van der Waals surface area contributed by atoms with Gasteiger partial charge in [0, 0.05) is 10.3 Å². The third-order valence-corrected chi connectivity index (χ3v) is 4.68. The highest BCUT2D eigenvalue weighted by molar-refractivity contribution is 7.85. The van der Waals surface area contributed by atoms with Gasteiger partial charge in [-0.25, -0.2) is 4.39 Å². The number of fused-ring (bicyclic) bond motifs is 1. The van der Waals surface area contributed by atoms with Gasteiger partial charge in [0.15, 0.2) is 0 Å². The summed E-state index contributed by atoms with van der Waals surface area (Å²) in [6, 6.07) is 14.6. The molecule has 0 spiro atoms. The molecule has 2 aromatic carbocycles. The topological polar surface area (TPSA) is 56.2 Å². The van der Waals surface area contributed by atoms with E-state index in [-0.39, 0.29) is 11.6 Å². The van der Waals surface area contributed by atoms with Crippen molar-refractivity contribution in [3.05, 3.63) is 66.2 Å². The highest BCUT2D eigenvalue weighted by atomic mass is 32.2. The Balaban J connectivity index is 1.77. The van der Waals surface area contributed by atoms with E-state index in [9.17, 15) is 8.60 Å². The van der Waals surface area contributed by atoms with Crippen LogP contribution >= 0.6 is 0 Å². The smallest absolute Gasteiger partial charge is 0.134 e. The summed E-state index contributed by atoms with van der Waals surface area (Å²) in [6.07, 6.45) is 0. The van der Waals surface area contributed by atoms with Crippen molar-refractivity contribution in [3.8, 4) is 0 Å². The van der Waals surface area contributed by atoms with Crippen molar-refractivity contribution in [1.29, 1.82) is 0 Å². The highest BCUT2D eigenvalue weighted by Gasteiger charge is 2.16. The number of rotatable bonds is 4. The zero-order valence-electron chi connectivity index (χ0n) is 11.2. The first-order chi connectivity index (χ1) is 10.1. The van der Waals surface area contributed by atoms with Gasteiger partial charge in [0.05, 0.1) is 22.6 Å². The Hall–Kier alpha value is -1.98. The first kappa shape index (κ1) is 14.0. The number of hydrogen-bond donors (Lipinski definition) is 1. The second-order valence-electron chi connectivity index (χ2n) is 4.76. The Morgan fingerprint density at radius 1 is 1.14 bits per heavy atom. The SMILES string of the molecule is NC(CS(=O)c1ccc(F)cc1)c1cc2ccccc2o1.